The summed E-state index contributed by atoms with van der Waals surface area (Å²) in [4.78, 5) is 12.7. The van der Waals surface area contributed by atoms with Crippen molar-refractivity contribution in [3.63, 3.8) is 0 Å². The van der Waals surface area contributed by atoms with Gasteiger partial charge in [0.25, 0.3) is 15.9 Å². The first-order chi connectivity index (χ1) is 15.7. The van der Waals surface area contributed by atoms with Crippen LogP contribution in [0.3, 0.4) is 0 Å². The van der Waals surface area contributed by atoms with Gasteiger partial charge in [-0.15, -0.1) is 0 Å². The van der Waals surface area contributed by atoms with Crippen LogP contribution in [0.15, 0.2) is 65.6 Å². The molecule has 0 aliphatic heterocycles. The van der Waals surface area contributed by atoms with E-state index in [1.165, 1.54) is 36.0 Å². The zero-order valence-electron chi connectivity index (χ0n) is 18.2. The SMILES string of the molecule is Cc1ccc(S(=O)(=O)Nc2cc(C(=O)NCCSCc3c(F)cccc3Cl)ccc2C)cc1. The van der Waals surface area contributed by atoms with E-state index in [1.54, 1.807) is 43.3 Å². The third-order valence-corrected chi connectivity index (χ3v) is 7.64. The van der Waals surface area contributed by atoms with E-state index in [0.717, 1.165) is 5.56 Å². The summed E-state index contributed by atoms with van der Waals surface area (Å²) >= 11 is 7.47. The normalized spacial score (nSPS) is 11.3. The number of sulfonamides is 1. The van der Waals surface area contributed by atoms with Crippen LogP contribution >= 0.6 is 23.4 Å². The van der Waals surface area contributed by atoms with Crippen molar-refractivity contribution in [2.45, 2.75) is 24.5 Å². The minimum atomic E-state index is -3.78. The third-order valence-electron chi connectivity index (χ3n) is 4.92. The average Bonchev–Trinajstić information content (AvgIpc) is 2.77. The van der Waals surface area contributed by atoms with Crippen LogP contribution in [0, 0.1) is 19.7 Å². The molecule has 0 spiro atoms. The van der Waals surface area contributed by atoms with Gasteiger partial charge >= 0.3 is 0 Å². The molecule has 0 fully saturated rings. The molecule has 174 valence electrons. The highest BCUT2D eigenvalue weighted by atomic mass is 35.5. The van der Waals surface area contributed by atoms with Crippen LogP contribution in [0.5, 0.6) is 0 Å². The minimum Gasteiger partial charge on any atom is -0.351 e. The number of anilines is 1. The van der Waals surface area contributed by atoms with Crippen LogP contribution in [0.2, 0.25) is 5.02 Å². The van der Waals surface area contributed by atoms with E-state index in [9.17, 15) is 17.6 Å². The molecule has 0 aromatic heterocycles. The Balaban J connectivity index is 1.58. The lowest BCUT2D eigenvalue weighted by atomic mass is 10.1. The van der Waals surface area contributed by atoms with Gasteiger partial charge in [-0.3, -0.25) is 9.52 Å². The van der Waals surface area contributed by atoms with Crippen molar-refractivity contribution < 1.29 is 17.6 Å². The summed E-state index contributed by atoms with van der Waals surface area (Å²) < 4.78 is 41.8. The second kappa shape index (κ2) is 11.0. The lowest BCUT2D eigenvalue weighted by Gasteiger charge is -2.13. The van der Waals surface area contributed by atoms with E-state index < -0.39 is 10.0 Å². The van der Waals surface area contributed by atoms with Crippen molar-refractivity contribution in [3.05, 3.63) is 93.8 Å². The molecule has 5 nitrogen and oxygen atoms in total. The fourth-order valence-corrected chi connectivity index (χ4v) is 5.30. The molecule has 33 heavy (non-hydrogen) atoms. The maximum atomic E-state index is 13.8. The number of carbonyl (C=O) groups excluding carboxylic acids is 1. The number of aryl methyl sites for hydroxylation is 2. The quantitative estimate of drug-likeness (QED) is 0.372. The molecule has 0 heterocycles. The maximum Gasteiger partial charge on any atom is 0.261 e. The zero-order valence-corrected chi connectivity index (χ0v) is 20.6. The molecule has 3 aromatic rings. The molecule has 3 rings (SSSR count). The fraction of sp³-hybridized carbons (Fsp3) is 0.208. The Kier molecular flexibility index (Phi) is 8.40. The van der Waals surface area contributed by atoms with Crippen LogP contribution in [0.1, 0.15) is 27.0 Å². The summed E-state index contributed by atoms with van der Waals surface area (Å²) in [5.41, 5.74) is 2.77. The summed E-state index contributed by atoms with van der Waals surface area (Å²) in [6, 6.07) is 15.9. The Bertz CT molecular complexity index is 1230. The fourth-order valence-electron chi connectivity index (χ4n) is 2.98. The Morgan fingerprint density at radius 2 is 1.79 bits per heavy atom. The van der Waals surface area contributed by atoms with Gasteiger partial charge in [0.2, 0.25) is 0 Å². The van der Waals surface area contributed by atoms with Crippen molar-refractivity contribution in [2.75, 3.05) is 17.0 Å². The van der Waals surface area contributed by atoms with E-state index in [4.69, 9.17) is 11.6 Å². The van der Waals surface area contributed by atoms with E-state index >= 15 is 0 Å². The Labute approximate surface area is 202 Å². The Morgan fingerprint density at radius 1 is 1.06 bits per heavy atom. The number of carbonyl (C=O) groups is 1. The lowest BCUT2D eigenvalue weighted by Crippen LogP contribution is -2.26. The molecule has 3 aromatic carbocycles. The van der Waals surface area contributed by atoms with Gasteiger partial charge in [0, 0.05) is 34.2 Å². The smallest absolute Gasteiger partial charge is 0.261 e. The van der Waals surface area contributed by atoms with E-state index in [2.05, 4.69) is 10.0 Å². The van der Waals surface area contributed by atoms with Gasteiger partial charge in [0.15, 0.2) is 0 Å². The van der Waals surface area contributed by atoms with Gasteiger partial charge in [0.1, 0.15) is 5.82 Å². The number of halogens is 2. The molecule has 9 heteroatoms. The topological polar surface area (TPSA) is 75.3 Å². The predicted octanol–water partition coefficient (Wildman–Crippen LogP) is 5.56. The van der Waals surface area contributed by atoms with Gasteiger partial charge in [-0.05, 0) is 55.8 Å². The molecule has 0 saturated carbocycles. The average molecular weight is 507 g/mol. The monoisotopic (exact) mass is 506 g/mol. The molecule has 0 radical (unpaired) electrons. The highest BCUT2D eigenvalue weighted by Gasteiger charge is 2.16. The molecule has 0 bridgehead atoms. The van der Waals surface area contributed by atoms with Gasteiger partial charge in [-0.2, -0.15) is 11.8 Å². The van der Waals surface area contributed by atoms with Crippen LogP contribution < -0.4 is 10.0 Å². The van der Waals surface area contributed by atoms with Crippen LogP contribution in [0.25, 0.3) is 0 Å². The number of rotatable bonds is 9. The van der Waals surface area contributed by atoms with E-state index in [-0.39, 0.29) is 16.6 Å². The van der Waals surface area contributed by atoms with Crippen LogP contribution in [-0.4, -0.2) is 26.6 Å². The van der Waals surface area contributed by atoms with Crippen LogP contribution in [-0.2, 0) is 15.8 Å². The summed E-state index contributed by atoms with van der Waals surface area (Å²) in [7, 11) is -3.78. The highest BCUT2D eigenvalue weighted by Crippen LogP contribution is 2.24. The van der Waals surface area contributed by atoms with Gasteiger partial charge in [-0.25, -0.2) is 12.8 Å². The summed E-state index contributed by atoms with van der Waals surface area (Å²) in [5.74, 6) is 0.293. The van der Waals surface area contributed by atoms with Crippen molar-refractivity contribution in [1.82, 2.24) is 5.32 Å². The number of hydrogen-bond donors (Lipinski definition) is 2. The predicted molar refractivity (Wildman–Crippen MR) is 133 cm³/mol. The first-order valence-corrected chi connectivity index (χ1v) is 13.2. The number of nitrogens with one attached hydrogen (secondary N) is 2. The largest absolute Gasteiger partial charge is 0.351 e. The van der Waals surface area contributed by atoms with Crippen molar-refractivity contribution in [3.8, 4) is 0 Å². The maximum absolute atomic E-state index is 13.8. The van der Waals surface area contributed by atoms with Gasteiger partial charge in [0.05, 0.1) is 10.6 Å². The molecule has 0 atom stereocenters. The number of thioether (sulfide) groups is 1. The summed E-state index contributed by atoms with van der Waals surface area (Å²) in [5, 5.41) is 3.18. The number of benzene rings is 3. The summed E-state index contributed by atoms with van der Waals surface area (Å²) in [6.45, 7) is 4.01. The molecule has 0 saturated heterocycles. The first kappa shape index (κ1) is 25.1. The zero-order chi connectivity index (χ0) is 24.0. The summed E-state index contributed by atoms with van der Waals surface area (Å²) in [6.07, 6.45) is 0. The second-order valence-electron chi connectivity index (χ2n) is 7.46. The number of amides is 1. The Hall–Kier alpha value is -2.55. The Morgan fingerprint density at radius 3 is 2.48 bits per heavy atom. The number of hydrogen-bond acceptors (Lipinski definition) is 4. The molecule has 0 aliphatic rings. The molecule has 0 aliphatic carbocycles. The second-order valence-corrected chi connectivity index (χ2v) is 10.7. The standard InChI is InChI=1S/C24H24ClFN2O3S2/c1-16-6-10-19(11-7-16)33(30,31)28-23-14-18(9-8-17(23)2)24(29)27-12-13-32-15-20-21(25)4-3-5-22(20)26/h3-11,14,28H,12-13,15H2,1-2H3,(H,27,29). The van der Waals surface area contributed by atoms with Gasteiger partial charge < -0.3 is 5.32 Å². The molecule has 1 amide bonds. The van der Waals surface area contributed by atoms with Crippen molar-refractivity contribution in [1.29, 1.82) is 0 Å². The lowest BCUT2D eigenvalue weighted by molar-refractivity contribution is 0.0956. The highest BCUT2D eigenvalue weighted by molar-refractivity contribution is 7.98. The van der Waals surface area contributed by atoms with E-state index in [1.807, 2.05) is 6.92 Å². The van der Waals surface area contributed by atoms with E-state index in [0.29, 0.717) is 45.5 Å². The first-order valence-electron chi connectivity index (χ1n) is 10.2. The molecular weight excluding hydrogens is 483 g/mol. The molecule has 0 unspecified atom stereocenters. The van der Waals surface area contributed by atoms with Crippen molar-refractivity contribution in [2.24, 2.45) is 0 Å². The third kappa shape index (κ3) is 6.72. The van der Waals surface area contributed by atoms with Crippen LogP contribution in [0.4, 0.5) is 10.1 Å². The molecular formula is C24H24ClFN2O3S2. The van der Waals surface area contributed by atoms with Gasteiger partial charge in [-0.1, -0.05) is 41.4 Å². The van der Waals surface area contributed by atoms with Crippen molar-refractivity contribution >= 4 is 45.0 Å². The minimum absolute atomic E-state index is 0.148. The molecule has 2 N–H and O–H groups in total.